The minimum absolute atomic E-state index is 0.389. The summed E-state index contributed by atoms with van der Waals surface area (Å²) in [4.78, 5) is 8.53. The van der Waals surface area contributed by atoms with E-state index in [2.05, 4.69) is 33.6 Å². The first-order chi connectivity index (χ1) is 16.0. The van der Waals surface area contributed by atoms with Crippen LogP contribution >= 0.6 is 11.6 Å². The number of nitrogens with two attached hydrogens (primary N) is 1. The zero-order valence-electron chi connectivity index (χ0n) is 19.4. The van der Waals surface area contributed by atoms with Crippen molar-refractivity contribution in [2.75, 3.05) is 37.4 Å². The lowest BCUT2D eigenvalue weighted by atomic mass is 9.82. The Hall–Kier alpha value is -2.40. The Balaban J connectivity index is 0.000000286. The Labute approximate surface area is 202 Å². The van der Waals surface area contributed by atoms with E-state index in [0.717, 1.165) is 31.0 Å². The fraction of sp³-hybridized carbons (Fsp3) is 0.560. The molecule has 3 heterocycles. The molecule has 0 aromatic carbocycles. The van der Waals surface area contributed by atoms with Crippen molar-refractivity contribution in [2.24, 2.45) is 5.41 Å². The van der Waals surface area contributed by atoms with Gasteiger partial charge in [-0.05, 0) is 50.4 Å². The van der Waals surface area contributed by atoms with Crippen molar-refractivity contribution in [1.82, 2.24) is 15.3 Å². The average molecular weight is 471 g/mol. The van der Waals surface area contributed by atoms with Gasteiger partial charge in [0.05, 0.1) is 22.2 Å². The van der Waals surface area contributed by atoms with Crippen LogP contribution in [0.3, 0.4) is 0 Å². The molecule has 4 N–H and O–H groups in total. The van der Waals surface area contributed by atoms with E-state index in [0.29, 0.717) is 42.1 Å². The molecule has 178 valence electrons. The van der Waals surface area contributed by atoms with Crippen molar-refractivity contribution in [3.63, 3.8) is 0 Å². The van der Waals surface area contributed by atoms with Gasteiger partial charge in [0.2, 0.25) is 0 Å². The smallest absolute Gasteiger partial charge is 0.126 e. The molecule has 1 aliphatic carbocycles. The van der Waals surface area contributed by atoms with Gasteiger partial charge >= 0.3 is 0 Å². The topological polar surface area (TPSA) is 109 Å². The van der Waals surface area contributed by atoms with E-state index in [1.807, 2.05) is 18.2 Å². The second-order valence-electron chi connectivity index (χ2n) is 8.75. The molecule has 7 nitrogen and oxygen atoms in total. The van der Waals surface area contributed by atoms with Crippen LogP contribution in [0.4, 0.5) is 11.6 Å². The number of ether oxygens (including phenoxy) is 1. The summed E-state index contributed by atoms with van der Waals surface area (Å²) in [5.41, 5.74) is 6.76. The van der Waals surface area contributed by atoms with Crippen molar-refractivity contribution in [1.29, 1.82) is 5.26 Å². The maximum absolute atomic E-state index is 9.51. The normalized spacial score (nSPS) is 18.0. The van der Waals surface area contributed by atoms with Crippen LogP contribution in [0.25, 0.3) is 11.3 Å². The molecule has 2 aliphatic rings. The highest BCUT2D eigenvalue weighted by atomic mass is 35.5. The van der Waals surface area contributed by atoms with E-state index >= 15 is 0 Å². The molecule has 2 fully saturated rings. The van der Waals surface area contributed by atoms with Crippen LogP contribution in [0.5, 0.6) is 0 Å². The Kier molecular flexibility index (Phi) is 9.74. The fourth-order valence-corrected chi connectivity index (χ4v) is 4.48. The summed E-state index contributed by atoms with van der Waals surface area (Å²) in [6.07, 6.45) is 10.1. The van der Waals surface area contributed by atoms with Crippen LogP contribution in [0.1, 0.15) is 51.9 Å². The number of aromatic nitrogens is 2. The Morgan fingerprint density at radius 1 is 1.24 bits per heavy atom. The summed E-state index contributed by atoms with van der Waals surface area (Å²) in [6, 6.07) is 10.6. The molecular weight excluding hydrogens is 436 g/mol. The SMILES string of the molecule is CCNC1CCCCC1.N#CC1(CNc2cccc(-c3cc(N)ncc3Cl)n2)CCOCC1. The molecule has 2 aromatic heterocycles. The predicted molar refractivity (Wildman–Crippen MR) is 134 cm³/mol. The van der Waals surface area contributed by atoms with E-state index in [9.17, 15) is 5.26 Å². The minimum Gasteiger partial charge on any atom is -0.384 e. The molecule has 0 spiro atoms. The van der Waals surface area contributed by atoms with Crippen LogP contribution in [0, 0.1) is 16.7 Å². The zero-order chi connectivity index (χ0) is 23.5. The zero-order valence-corrected chi connectivity index (χ0v) is 20.2. The van der Waals surface area contributed by atoms with Crippen molar-refractivity contribution >= 4 is 23.2 Å². The Morgan fingerprint density at radius 3 is 2.70 bits per heavy atom. The number of anilines is 2. The summed E-state index contributed by atoms with van der Waals surface area (Å²) < 4.78 is 5.35. The van der Waals surface area contributed by atoms with Gasteiger partial charge in [-0.2, -0.15) is 5.26 Å². The lowest BCUT2D eigenvalue weighted by Gasteiger charge is -2.30. The van der Waals surface area contributed by atoms with E-state index in [4.69, 9.17) is 22.1 Å². The van der Waals surface area contributed by atoms with Gasteiger partial charge in [-0.3, -0.25) is 0 Å². The highest BCUT2D eigenvalue weighted by Gasteiger charge is 2.32. The van der Waals surface area contributed by atoms with Gasteiger partial charge in [0.15, 0.2) is 0 Å². The maximum Gasteiger partial charge on any atom is 0.126 e. The molecule has 2 aromatic rings. The Bertz CT molecular complexity index is 917. The van der Waals surface area contributed by atoms with Gasteiger partial charge in [-0.15, -0.1) is 0 Å². The molecule has 1 saturated heterocycles. The fourth-order valence-electron chi connectivity index (χ4n) is 4.28. The van der Waals surface area contributed by atoms with Crippen LogP contribution in [0.2, 0.25) is 5.02 Å². The maximum atomic E-state index is 9.51. The average Bonchev–Trinajstić information content (AvgIpc) is 2.86. The second kappa shape index (κ2) is 12.7. The Morgan fingerprint density at radius 2 is 2.00 bits per heavy atom. The van der Waals surface area contributed by atoms with Crippen molar-refractivity contribution in [2.45, 2.75) is 57.9 Å². The van der Waals surface area contributed by atoms with Gasteiger partial charge in [0.1, 0.15) is 11.6 Å². The van der Waals surface area contributed by atoms with Crippen LogP contribution in [0.15, 0.2) is 30.5 Å². The first-order valence-corrected chi connectivity index (χ1v) is 12.3. The number of hydrogen-bond acceptors (Lipinski definition) is 7. The van der Waals surface area contributed by atoms with Crippen molar-refractivity contribution in [3.8, 4) is 17.3 Å². The number of nitriles is 1. The van der Waals surface area contributed by atoms with Gasteiger partial charge < -0.3 is 21.1 Å². The molecule has 33 heavy (non-hydrogen) atoms. The summed E-state index contributed by atoms with van der Waals surface area (Å²) >= 11 is 6.19. The molecule has 0 atom stereocenters. The minimum atomic E-state index is -0.408. The molecule has 1 saturated carbocycles. The third kappa shape index (κ3) is 7.56. The summed E-state index contributed by atoms with van der Waals surface area (Å²) in [7, 11) is 0. The number of rotatable bonds is 6. The molecule has 0 unspecified atom stereocenters. The molecule has 8 heteroatoms. The quantitative estimate of drug-likeness (QED) is 0.542. The number of nitrogen functional groups attached to an aromatic ring is 1. The van der Waals surface area contributed by atoms with Gasteiger partial charge in [-0.25, -0.2) is 9.97 Å². The summed E-state index contributed by atoms with van der Waals surface area (Å²) in [5.74, 6) is 1.08. The summed E-state index contributed by atoms with van der Waals surface area (Å²) in [5, 5.41) is 16.8. The molecular formula is C25H35ClN6O. The number of nitrogens with one attached hydrogen (secondary N) is 2. The van der Waals surface area contributed by atoms with E-state index in [-0.39, 0.29) is 0 Å². The molecule has 0 amide bonds. The molecule has 0 bridgehead atoms. The standard InChI is InChI=1S/C17H18ClN5O.C8H17N/c18-13-9-21-15(20)8-12(13)14-2-1-3-16(23-14)22-11-17(10-19)4-6-24-7-5-17;1-2-9-8-6-4-3-5-7-8/h1-3,8-9H,4-7,11H2,(H2,20,21)(H,22,23);8-9H,2-7H2,1H3. The molecule has 4 rings (SSSR count). The number of nitrogens with zero attached hydrogens (tertiary/aromatic N) is 3. The molecule has 0 radical (unpaired) electrons. The van der Waals surface area contributed by atoms with Crippen LogP contribution < -0.4 is 16.4 Å². The highest BCUT2D eigenvalue weighted by Crippen LogP contribution is 2.31. The first-order valence-electron chi connectivity index (χ1n) is 11.9. The second-order valence-corrected chi connectivity index (χ2v) is 9.15. The number of hydrogen-bond donors (Lipinski definition) is 3. The van der Waals surface area contributed by atoms with Gasteiger partial charge in [-0.1, -0.05) is 43.9 Å². The summed E-state index contributed by atoms with van der Waals surface area (Å²) in [6.45, 7) is 5.11. The van der Waals surface area contributed by atoms with E-state index in [1.54, 1.807) is 6.07 Å². The van der Waals surface area contributed by atoms with Crippen LogP contribution in [-0.4, -0.2) is 42.3 Å². The van der Waals surface area contributed by atoms with Crippen LogP contribution in [-0.2, 0) is 4.74 Å². The third-order valence-electron chi connectivity index (χ3n) is 6.29. The highest BCUT2D eigenvalue weighted by molar-refractivity contribution is 6.33. The lowest BCUT2D eigenvalue weighted by molar-refractivity contribution is 0.0455. The predicted octanol–water partition coefficient (Wildman–Crippen LogP) is 5.04. The monoisotopic (exact) mass is 470 g/mol. The number of pyridine rings is 2. The van der Waals surface area contributed by atoms with Crippen molar-refractivity contribution in [3.05, 3.63) is 35.5 Å². The molecule has 1 aliphatic heterocycles. The number of halogens is 1. The van der Waals surface area contributed by atoms with E-state index in [1.165, 1.54) is 38.3 Å². The van der Waals surface area contributed by atoms with E-state index < -0.39 is 5.41 Å². The third-order valence-corrected chi connectivity index (χ3v) is 6.60. The van der Waals surface area contributed by atoms with Gasteiger partial charge in [0, 0.05) is 37.6 Å². The lowest BCUT2D eigenvalue weighted by Crippen LogP contribution is -2.34. The van der Waals surface area contributed by atoms with Gasteiger partial charge in [0.25, 0.3) is 0 Å². The first kappa shape index (κ1) is 25.2. The largest absolute Gasteiger partial charge is 0.384 e. The van der Waals surface area contributed by atoms with Crippen molar-refractivity contribution < 1.29 is 4.74 Å².